The number of anilines is 2. The van der Waals surface area contributed by atoms with Gasteiger partial charge in [-0.2, -0.15) is 0 Å². The highest BCUT2D eigenvalue weighted by atomic mass is 19.1. The van der Waals surface area contributed by atoms with E-state index in [4.69, 9.17) is 4.74 Å². The molecule has 1 N–H and O–H groups in total. The molecule has 45 heavy (non-hydrogen) atoms. The van der Waals surface area contributed by atoms with Gasteiger partial charge in [-0.05, 0) is 72.2 Å². The Morgan fingerprint density at radius 3 is 2.49 bits per heavy atom. The van der Waals surface area contributed by atoms with E-state index >= 15 is 4.39 Å². The Bertz CT molecular complexity index is 1780. The molecule has 0 aliphatic carbocycles. The number of rotatable bonds is 6. The summed E-state index contributed by atoms with van der Waals surface area (Å²) in [7, 11) is 1.55. The van der Waals surface area contributed by atoms with Crippen molar-refractivity contribution in [2.24, 2.45) is 0 Å². The summed E-state index contributed by atoms with van der Waals surface area (Å²) in [6, 6.07) is 5.82. The van der Waals surface area contributed by atoms with Crippen molar-refractivity contribution in [2.75, 3.05) is 18.9 Å². The number of imidazole rings is 1. The second-order valence-corrected chi connectivity index (χ2v) is 12.5. The summed E-state index contributed by atoms with van der Waals surface area (Å²) in [5, 5.41) is 3.03. The molecular formula is C32H38F2N8O3. The molecule has 238 valence electrons. The van der Waals surface area contributed by atoms with E-state index in [0.717, 1.165) is 17.5 Å². The van der Waals surface area contributed by atoms with E-state index in [2.05, 4.69) is 25.3 Å². The molecule has 1 atom stereocenters. The lowest BCUT2D eigenvalue weighted by atomic mass is 10.0. The van der Waals surface area contributed by atoms with Gasteiger partial charge in [-0.25, -0.2) is 33.5 Å². The first-order valence-corrected chi connectivity index (χ1v) is 14.8. The normalized spacial score (nSPS) is 14.0. The summed E-state index contributed by atoms with van der Waals surface area (Å²) in [5.41, 5.74) is 1.98. The van der Waals surface area contributed by atoms with Crippen molar-refractivity contribution in [3.8, 4) is 11.3 Å². The maximum Gasteiger partial charge on any atom is 0.410 e. The van der Waals surface area contributed by atoms with Crippen LogP contribution >= 0.6 is 0 Å². The number of carbonyl (C=O) groups excluding carboxylic acids is 2. The lowest BCUT2D eigenvalue weighted by molar-refractivity contribution is -0.136. The molecule has 0 bridgehead atoms. The van der Waals surface area contributed by atoms with Crippen LogP contribution in [0.2, 0.25) is 0 Å². The van der Waals surface area contributed by atoms with Crippen LogP contribution in [0.15, 0.2) is 30.5 Å². The molecule has 1 aliphatic heterocycles. The quantitative estimate of drug-likeness (QED) is 0.282. The van der Waals surface area contributed by atoms with E-state index in [1.807, 2.05) is 24.5 Å². The number of pyridine rings is 1. The van der Waals surface area contributed by atoms with Gasteiger partial charge >= 0.3 is 6.09 Å². The standard InChI is InChI=1S/C32H38F2N8O3/c1-17(2)42-19(4)36-28-22(33)13-21(14-25(28)42)27-23(34)15-35-30(39-27)38-26-10-9-20-16-41(12-11-24(20)37-26)29(43)18(3)40(8)31(44)45-32(5,6)7/h9-10,13-15,17-18H,11-12,16H2,1-8H3,(H,35,37,38,39)/t18-/m1/s1. The lowest BCUT2D eigenvalue weighted by Crippen LogP contribution is -2.50. The van der Waals surface area contributed by atoms with Crippen LogP contribution in [-0.2, 0) is 22.5 Å². The molecule has 13 heteroatoms. The molecule has 1 aliphatic rings. The van der Waals surface area contributed by atoms with Crippen molar-refractivity contribution < 1.29 is 23.1 Å². The summed E-state index contributed by atoms with van der Waals surface area (Å²) in [6.07, 6.45) is 0.971. The third-order valence-electron chi connectivity index (χ3n) is 7.68. The number of hydrogen-bond donors (Lipinski definition) is 1. The van der Waals surface area contributed by atoms with Crippen LogP contribution in [0.4, 0.5) is 25.3 Å². The van der Waals surface area contributed by atoms with Gasteiger partial charge in [-0.15, -0.1) is 0 Å². The van der Waals surface area contributed by atoms with E-state index in [1.54, 1.807) is 58.7 Å². The number of aryl methyl sites for hydroxylation is 1. The van der Waals surface area contributed by atoms with Gasteiger partial charge in [0, 0.05) is 43.9 Å². The van der Waals surface area contributed by atoms with Gasteiger partial charge in [-0.1, -0.05) is 6.07 Å². The molecule has 4 heterocycles. The molecule has 2 amide bonds. The molecule has 0 radical (unpaired) electrons. The van der Waals surface area contributed by atoms with Crippen molar-refractivity contribution in [2.45, 2.75) is 79.1 Å². The predicted molar refractivity (Wildman–Crippen MR) is 166 cm³/mol. The van der Waals surface area contributed by atoms with Gasteiger partial charge in [0.2, 0.25) is 11.9 Å². The number of ether oxygens (including phenoxy) is 1. The lowest BCUT2D eigenvalue weighted by Gasteiger charge is -2.34. The fourth-order valence-electron chi connectivity index (χ4n) is 5.40. The largest absolute Gasteiger partial charge is 0.444 e. The summed E-state index contributed by atoms with van der Waals surface area (Å²) in [6.45, 7) is 13.5. The minimum Gasteiger partial charge on any atom is -0.444 e. The number of halogens is 2. The van der Waals surface area contributed by atoms with Crippen LogP contribution in [0.1, 0.15) is 64.7 Å². The first-order valence-electron chi connectivity index (χ1n) is 14.8. The van der Waals surface area contributed by atoms with Gasteiger partial charge < -0.3 is 19.5 Å². The molecule has 0 saturated heterocycles. The molecule has 3 aromatic heterocycles. The number of nitrogens with one attached hydrogen (secondary N) is 1. The number of benzene rings is 1. The summed E-state index contributed by atoms with van der Waals surface area (Å²) in [5.74, 6) is -0.243. The van der Waals surface area contributed by atoms with Gasteiger partial charge in [0.1, 0.15) is 34.5 Å². The van der Waals surface area contributed by atoms with Crippen LogP contribution < -0.4 is 5.32 Å². The zero-order chi connectivity index (χ0) is 32.8. The first kappa shape index (κ1) is 31.7. The fourth-order valence-corrected chi connectivity index (χ4v) is 5.40. The number of amides is 2. The summed E-state index contributed by atoms with van der Waals surface area (Å²) < 4.78 is 37.3. The number of carbonyl (C=O) groups is 2. The third-order valence-corrected chi connectivity index (χ3v) is 7.68. The van der Waals surface area contributed by atoms with Crippen LogP contribution in [-0.4, -0.2) is 71.5 Å². The topological polar surface area (TPSA) is 118 Å². The Hall–Kier alpha value is -4.68. The fraction of sp³-hybridized carbons (Fsp3) is 0.438. The highest BCUT2D eigenvalue weighted by molar-refractivity contribution is 5.85. The molecule has 0 fully saturated rings. The molecule has 11 nitrogen and oxygen atoms in total. The Labute approximate surface area is 260 Å². The number of aromatic nitrogens is 5. The summed E-state index contributed by atoms with van der Waals surface area (Å²) >= 11 is 0. The van der Waals surface area contributed by atoms with E-state index < -0.39 is 29.4 Å². The highest BCUT2D eigenvalue weighted by Crippen LogP contribution is 2.31. The SMILES string of the molecule is Cc1nc2c(F)cc(-c3nc(Nc4ccc5c(n4)CCN(C(=O)[C@@H](C)N(C)C(=O)OC(C)(C)C)C5)ncc3F)cc2n1C(C)C. The van der Waals surface area contributed by atoms with Gasteiger partial charge in [0.25, 0.3) is 0 Å². The van der Waals surface area contributed by atoms with Crippen molar-refractivity contribution in [1.82, 2.24) is 34.3 Å². The minimum atomic E-state index is -0.704. The van der Waals surface area contributed by atoms with E-state index in [-0.39, 0.29) is 34.7 Å². The molecule has 0 unspecified atom stereocenters. The van der Waals surface area contributed by atoms with Crippen LogP contribution in [0.3, 0.4) is 0 Å². The summed E-state index contributed by atoms with van der Waals surface area (Å²) in [4.78, 5) is 46.1. The Balaban J connectivity index is 1.32. The van der Waals surface area contributed by atoms with Gasteiger partial charge in [0.05, 0.1) is 11.7 Å². The Kier molecular flexibility index (Phi) is 8.47. The monoisotopic (exact) mass is 620 g/mol. The number of fused-ring (bicyclic) bond motifs is 2. The van der Waals surface area contributed by atoms with Crippen molar-refractivity contribution >= 4 is 34.8 Å². The van der Waals surface area contributed by atoms with Crippen LogP contribution in [0.5, 0.6) is 0 Å². The van der Waals surface area contributed by atoms with Gasteiger partial charge in [0.15, 0.2) is 11.6 Å². The molecule has 5 rings (SSSR count). The molecular weight excluding hydrogens is 582 g/mol. The second-order valence-electron chi connectivity index (χ2n) is 12.5. The average molecular weight is 621 g/mol. The van der Waals surface area contributed by atoms with Crippen molar-refractivity contribution in [3.63, 3.8) is 0 Å². The highest BCUT2D eigenvalue weighted by Gasteiger charge is 2.31. The number of hydrogen-bond acceptors (Lipinski definition) is 8. The average Bonchev–Trinajstić information content (AvgIpc) is 3.32. The maximum atomic E-state index is 15.1. The van der Waals surface area contributed by atoms with Gasteiger partial charge in [-0.3, -0.25) is 9.69 Å². The predicted octanol–water partition coefficient (Wildman–Crippen LogP) is 5.94. The number of nitrogens with zero attached hydrogens (tertiary/aromatic N) is 7. The third kappa shape index (κ3) is 6.57. The van der Waals surface area contributed by atoms with E-state index in [9.17, 15) is 14.0 Å². The Morgan fingerprint density at radius 2 is 1.80 bits per heavy atom. The molecule has 4 aromatic rings. The second kappa shape index (κ2) is 12.0. The Morgan fingerprint density at radius 1 is 1.07 bits per heavy atom. The molecule has 1 aromatic carbocycles. The van der Waals surface area contributed by atoms with Crippen LogP contribution in [0, 0.1) is 18.6 Å². The van der Waals surface area contributed by atoms with Crippen LogP contribution in [0.25, 0.3) is 22.3 Å². The zero-order valence-corrected chi connectivity index (χ0v) is 26.8. The first-order chi connectivity index (χ1) is 21.1. The molecule has 0 saturated carbocycles. The van der Waals surface area contributed by atoms with E-state index in [0.29, 0.717) is 36.7 Å². The smallest absolute Gasteiger partial charge is 0.410 e. The van der Waals surface area contributed by atoms with Crippen molar-refractivity contribution in [1.29, 1.82) is 0 Å². The van der Waals surface area contributed by atoms with Crippen molar-refractivity contribution in [3.05, 3.63) is 59.2 Å². The van der Waals surface area contributed by atoms with E-state index in [1.165, 1.54) is 11.0 Å². The maximum absolute atomic E-state index is 15.1. The number of likely N-dealkylation sites (N-methyl/N-ethyl adjacent to an activating group) is 1. The minimum absolute atomic E-state index is 0.0272. The zero-order valence-electron chi connectivity index (χ0n) is 26.8. The molecule has 0 spiro atoms.